The molecule has 6 rings (SSSR count). The molecule has 1 aromatic carbocycles. The number of hydrogen-bond donors (Lipinski definition) is 2. The van der Waals surface area contributed by atoms with Crippen LogP contribution in [0.25, 0.3) is 10.4 Å². The summed E-state index contributed by atoms with van der Waals surface area (Å²) in [6.45, 7) is 18.1. The number of amides is 3. The van der Waals surface area contributed by atoms with Crippen LogP contribution in [0, 0.1) is 12.8 Å². The highest BCUT2D eigenvalue weighted by molar-refractivity contribution is 7.13. The fraction of sp³-hybridized carbons (Fsp3) is 0.634. The zero-order valence-electron chi connectivity index (χ0n) is 34.0. The number of aromatic nitrogens is 2. The van der Waals surface area contributed by atoms with Gasteiger partial charge in [0.15, 0.2) is 11.6 Å². The smallest absolute Gasteiger partial charge is 0.410 e. The molecule has 15 heteroatoms. The maximum atomic E-state index is 16.1. The minimum absolute atomic E-state index is 0.0242. The van der Waals surface area contributed by atoms with Gasteiger partial charge in [-0.25, -0.2) is 14.2 Å². The average molecular weight is 796 g/mol. The number of aliphatic hydroxyl groups excluding tert-OH is 1. The van der Waals surface area contributed by atoms with Gasteiger partial charge in [-0.3, -0.25) is 14.5 Å². The van der Waals surface area contributed by atoms with E-state index in [-0.39, 0.29) is 62.2 Å². The zero-order valence-corrected chi connectivity index (χ0v) is 34.8. The van der Waals surface area contributed by atoms with Gasteiger partial charge >= 0.3 is 6.09 Å². The van der Waals surface area contributed by atoms with E-state index in [1.165, 1.54) is 4.90 Å². The summed E-state index contributed by atoms with van der Waals surface area (Å²) >= 11 is 1.59. The van der Waals surface area contributed by atoms with Crippen LogP contribution in [-0.2, 0) is 14.3 Å². The van der Waals surface area contributed by atoms with Gasteiger partial charge in [0.2, 0.25) is 11.8 Å². The Labute approximate surface area is 333 Å². The first-order chi connectivity index (χ1) is 26.4. The monoisotopic (exact) mass is 795 g/mol. The largest absolute Gasteiger partial charge is 0.444 e. The van der Waals surface area contributed by atoms with Crippen LogP contribution in [0.15, 0.2) is 40.4 Å². The molecule has 0 bridgehead atoms. The van der Waals surface area contributed by atoms with Crippen LogP contribution in [0.2, 0.25) is 0 Å². The number of nitrogens with one attached hydrogen (secondary N) is 1. The van der Waals surface area contributed by atoms with Gasteiger partial charge in [-0.2, -0.15) is 0 Å². The first-order valence-corrected chi connectivity index (χ1v) is 20.7. The fourth-order valence-corrected chi connectivity index (χ4v) is 8.88. The highest BCUT2D eigenvalue weighted by Crippen LogP contribution is 2.35. The molecule has 0 aliphatic carbocycles. The van der Waals surface area contributed by atoms with Crippen LogP contribution in [-0.4, -0.2) is 123 Å². The molecule has 5 atom stereocenters. The third-order valence-electron chi connectivity index (χ3n) is 11.3. The fourth-order valence-electron chi connectivity index (χ4n) is 8.07. The Hall–Kier alpha value is -4.08. The number of aryl methyl sites for hydroxylation is 1. The topological polar surface area (TPSA) is 145 Å². The molecule has 0 radical (unpaired) electrons. The number of alkyl halides is 1. The third kappa shape index (κ3) is 9.54. The molecule has 3 aliphatic rings. The van der Waals surface area contributed by atoms with Gasteiger partial charge in [-0.15, -0.1) is 11.3 Å². The Kier molecular flexibility index (Phi) is 12.5. The quantitative estimate of drug-likeness (QED) is 0.253. The number of likely N-dealkylation sites (tertiary alicyclic amines) is 2. The van der Waals surface area contributed by atoms with E-state index >= 15 is 4.39 Å². The normalized spacial score (nSPS) is 23.0. The molecule has 3 aliphatic heterocycles. The van der Waals surface area contributed by atoms with E-state index in [4.69, 9.17) is 9.26 Å². The number of carbonyl (C=O) groups excluding carboxylic acids is 3. The van der Waals surface area contributed by atoms with E-state index in [0.717, 1.165) is 21.7 Å². The Morgan fingerprint density at radius 3 is 2.39 bits per heavy atom. The predicted octanol–water partition coefficient (Wildman–Crippen LogP) is 5.94. The van der Waals surface area contributed by atoms with Crippen molar-refractivity contribution in [3.63, 3.8) is 0 Å². The van der Waals surface area contributed by atoms with E-state index in [2.05, 4.69) is 32.2 Å². The Morgan fingerprint density at radius 2 is 1.79 bits per heavy atom. The highest BCUT2D eigenvalue weighted by atomic mass is 32.1. The van der Waals surface area contributed by atoms with Gasteiger partial charge in [-0.05, 0) is 58.6 Å². The lowest BCUT2D eigenvalue weighted by Gasteiger charge is -2.44. The van der Waals surface area contributed by atoms with Crippen molar-refractivity contribution < 1.29 is 33.1 Å². The minimum Gasteiger partial charge on any atom is -0.444 e. The number of rotatable bonds is 10. The van der Waals surface area contributed by atoms with Crippen molar-refractivity contribution in [2.24, 2.45) is 5.92 Å². The molecule has 0 saturated carbocycles. The number of thiazole rings is 1. The molecule has 3 saturated heterocycles. The highest BCUT2D eigenvalue weighted by Gasteiger charge is 2.44. The number of anilines is 1. The number of nitrogens with zero attached hydrogens (tertiary/aromatic N) is 6. The second kappa shape index (κ2) is 16.8. The van der Waals surface area contributed by atoms with Crippen LogP contribution in [0.5, 0.6) is 0 Å². The average Bonchev–Trinajstić information content (AvgIpc) is 3.89. The number of ether oxygens (including phenoxy) is 1. The molecule has 3 aromatic rings. The molecule has 56 heavy (non-hydrogen) atoms. The summed E-state index contributed by atoms with van der Waals surface area (Å²) in [7, 11) is 0. The number of piperazine rings is 1. The van der Waals surface area contributed by atoms with Gasteiger partial charge < -0.3 is 34.4 Å². The third-order valence-corrected chi connectivity index (χ3v) is 12.3. The van der Waals surface area contributed by atoms with Gasteiger partial charge in [0.25, 0.3) is 0 Å². The van der Waals surface area contributed by atoms with Crippen LogP contribution in [0.4, 0.5) is 15.0 Å². The van der Waals surface area contributed by atoms with Gasteiger partial charge in [0.05, 0.1) is 28.2 Å². The van der Waals surface area contributed by atoms with E-state index in [1.807, 2.05) is 78.2 Å². The number of carbonyl (C=O) groups is 3. The molecular formula is C41H58FN7O6S. The van der Waals surface area contributed by atoms with E-state index in [9.17, 15) is 19.5 Å². The molecule has 2 N–H and O–H groups in total. The molecule has 3 fully saturated rings. The van der Waals surface area contributed by atoms with Crippen LogP contribution in [0.3, 0.4) is 0 Å². The molecule has 13 nitrogen and oxygen atoms in total. The lowest BCUT2D eigenvalue weighted by atomic mass is 9.91. The lowest BCUT2D eigenvalue weighted by Crippen LogP contribution is -2.57. The lowest BCUT2D eigenvalue weighted by molar-refractivity contribution is -0.141. The second-order valence-electron chi connectivity index (χ2n) is 17.2. The van der Waals surface area contributed by atoms with Crippen LogP contribution in [0.1, 0.15) is 96.7 Å². The predicted molar refractivity (Wildman–Crippen MR) is 213 cm³/mol. The van der Waals surface area contributed by atoms with Crippen molar-refractivity contribution in [2.75, 3.05) is 50.7 Å². The first kappa shape index (κ1) is 41.6. The molecular weight excluding hydrogens is 738 g/mol. The summed E-state index contributed by atoms with van der Waals surface area (Å²) in [6, 6.07) is 8.69. The van der Waals surface area contributed by atoms with E-state index in [0.29, 0.717) is 44.3 Å². The number of benzene rings is 1. The number of β-amino-alcohol motifs (C(OH)–C–C–N with tert-alkyl or cyclic N) is 1. The van der Waals surface area contributed by atoms with Crippen molar-refractivity contribution in [3.05, 3.63) is 52.9 Å². The Balaban J connectivity index is 1.05. The maximum Gasteiger partial charge on any atom is 0.410 e. The second-order valence-corrected chi connectivity index (χ2v) is 18.1. The van der Waals surface area contributed by atoms with Crippen LogP contribution < -0.4 is 10.2 Å². The number of halogens is 1. The van der Waals surface area contributed by atoms with Crippen LogP contribution >= 0.6 is 11.3 Å². The standard InChI is InChI=1S/C41H58FN7O6S/c1-25(2)35(38(52)49-22-31(50)19-32(49)37(51)44-27(4)29-9-11-30(12-10-29)36-28(5)43-24-56-36)33-20-34(45-55-33)47-17-18-48(26(3)21-47)23-41(42)13-15-46(16-14-41)39(53)54-40(6,7)8/h9-12,20,24-27,31-32,35,50H,13-19,21-23H2,1-8H3,(H,44,51)/t26-,27?,31-,32+,35?/m1/s1. The minimum atomic E-state index is -1.40. The molecule has 0 spiro atoms. The summed E-state index contributed by atoms with van der Waals surface area (Å²) < 4.78 is 27.4. The van der Waals surface area contributed by atoms with E-state index in [1.54, 1.807) is 22.3 Å². The SMILES string of the molecule is Cc1ncsc1-c1ccc(C(C)NC(=O)[C@@H]2C[C@@H](O)CN2C(=O)C(c2cc(N3CCN(CC4(F)CCN(C(=O)OC(C)(C)C)CC4)[C@H](C)C3)no2)C(C)C)cc1. The summed E-state index contributed by atoms with van der Waals surface area (Å²) in [5, 5.41) is 18.1. The molecule has 3 amide bonds. The van der Waals surface area contributed by atoms with Crippen molar-refractivity contribution in [3.8, 4) is 10.4 Å². The summed E-state index contributed by atoms with van der Waals surface area (Å²) in [6.07, 6.45) is -0.569. The van der Waals surface area contributed by atoms with Crippen molar-refractivity contribution in [1.29, 1.82) is 0 Å². The molecule has 2 aromatic heterocycles. The van der Waals surface area contributed by atoms with Crippen molar-refractivity contribution >= 4 is 35.1 Å². The van der Waals surface area contributed by atoms with E-state index < -0.39 is 35.4 Å². The maximum absolute atomic E-state index is 16.1. The van der Waals surface area contributed by atoms with Gasteiger partial charge in [-0.1, -0.05) is 43.3 Å². The molecule has 2 unspecified atom stereocenters. The van der Waals surface area contributed by atoms with Gasteiger partial charge in [0, 0.05) is 77.2 Å². The van der Waals surface area contributed by atoms with Gasteiger partial charge in [0.1, 0.15) is 23.2 Å². The molecule has 5 heterocycles. The first-order valence-electron chi connectivity index (χ1n) is 19.8. The van der Waals surface area contributed by atoms with Crippen molar-refractivity contribution in [1.82, 2.24) is 30.2 Å². The number of piperidine rings is 1. The summed E-state index contributed by atoms with van der Waals surface area (Å²) in [5.41, 5.74) is 2.80. The number of hydrogen-bond acceptors (Lipinski definition) is 11. The van der Waals surface area contributed by atoms with Crippen molar-refractivity contribution in [2.45, 2.75) is 116 Å². The molecule has 306 valence electrons. The Bertz CT molecular complexity index is 1840. The number of aliphatic hydroxyl groups is 1. The Morgan fingerprint density at radius 1 is 1.09 bits per heavy atom. The zero-order chi connectivity index (χ0) is 40.5. The summed E-state index contributed by atoms with van der Waals surface area (Å²) in [4.78, 5) is 53.2. The summed E-state index contributed by atoms with van der Waals surface area (Å²) in [5.74, 6) is -0.496.